The molecule has 3 N–H and O–H groups in total. The van der Waals surface area contributed by atoms with Gasteiger partial charge < -0.3 is 20.3 Å². The molecule has 0 aliphatic heterocycles. The summed E-state index contributed by atoms with van der Waals surface area (Å²) in [5.74, 6) is -0.558. The van der Waals surface area contributed by atoms with Gasteiger partial charge in [-0.15, -0.1) is 0 Å². The molecule has 1 amide bonds. The molecule has 62 heavy (non-hydrogen) atoms. The van der Waals surface area contributed by atoms with Crippen LogP contribution in [0, 0.1) is 0 Å². The summed E-state index contributed by atoms with van der Waals surface area (Å²) in [5, 5.41) is 23.7. The number of aliphatic hydroxyl groups is 2. The van der Waals surface area contributed by atoms with E-state index in [1.807, 2.05) is 54.7 Å². The summed E-state index contributed by atoms with van der Waals surface area (Å²) in [4.78, 5) is 26.1. The molecule has 0 aromatic heterocycles. The first kappa shape index (κ1) is 58.5. The van der Waals surface area contributed by atoms with E-state index in [0.29, 0.717) is 19.3 Å². The molecular formula is C56H93NO5. The molecule has 352 valence electrons. The van der Waals surface area contributed by atoms with Gasteiger partial charge in [-0.1, -0.05) is 226 Å². The van der Waals surface area contributed by atoms with Gasteiger partial charge >= 0.3 is 5.97 Å². The summed E-state index contributed by atoms with van der Waals surface area (Å²) in [7, 11) is 0. The average molecular weight is 860 g/mol. The number of rotatable bonds is 43. The van der Waals surface area contributed by atoms with Crippen molar-refractivity contribution in [1.29, 1.82) is 0 Å². The Morgan fingerprint density at radius 2 is 0.952 bits per heavy atom. The van der Waals surface area contributed by atoms with Crippen molar-refractivity contribution in [2.45, 2.75) is 225 Å². The molecule has 6 nitrogen and oxygen atoms in total. The maximum absolute atomic E-state index is 13.2. The van der Waals surface area contributed by atoms with E-state index in [4.69, 9.17) is 4.74 Å². The van der Waals surface area contributed by atoms with Crippen molar-refractivity contribution in [2.75, 3.05) is 6.61 Å². The lowest BCUT2D eigenvalue weighted by molar-refractivity contribution is -0.151. The van der Waals surface area contributed by atoms with Crippen LogP contribution < -0.4 is 5.32 Å². The van der Waals surface area contributed by atoms with Crippen LogP contribution >= 0.6 is 0 Å². The van der Waals surface area contributed by atoms with Gasteiger partial charge in [0.15, 0.2) is 0 Å². The third kappa shape index (κ3) is 43.2. The SMILES string of the molecule is CC\C=C/C=C/C=C/C=C\C=C\C=C\CCCCCC(=O)OC(CCCCCC/C=C/C/C=C/C/C=C/CC)CC(=O)NC(CO)C(O)CCCCCCCCCCCCCC. The third-order valence-electron chi connectivity index (χ3n) is 10.8. The molecule has 0 heterocycles. The summed E-state index contributed by atoms with van der Waals surface area (Å²) in [5.41, 5.74) is 0. The Kier molecular flexibility index (Phi) is 45.8. The molecule has 6 heteroatoms. The zero-order valence-corrected chi connectivity index (χ0v) is 40.0. The number of ether oxygens (including phenoxy) is 1. The summed E-state index contributed by atoms with van der Waals surface area (Å²) in [6.45, 7) is 6.19. The highest BCUT2D eigenvalue weighted by Gasteiger charge is 2.24. The van der Waals surface area contributed by atoms with Crippen LogP contribution in [0.1, 0.15) is 207 Å². The Hall–Kier alpha value is -3.48. The first-order valence-corrected chi connectivity index (χ1v) is 25.2. The normalized spacial score (nSPS) is 14.2. The predicted octanol–water partition coefficient (Wildman–Crippen LogP) is 15.1. The summed E-state index contributed by atoms with van der Waals surface area (Å²) in [6, 6.07) is -0.725. The molecule has 0 aliphatic rings. The quantitative estimate of drug-likeness (QED) is 0.0246. The minimum Gasteiger partial charge on any atom is -0.462 e. The summed E-state index contributed by atoms with van der Waals surface area (Å²) in [6.07, 6.45) is 65.7. The second-order valence-corrected chi connectivity index (χ2v) is 16.6. The minimum atomic E-state index is -0.808. The molecule has 0 bridgehead atoms. The average Bonchev–Trinajstić information content (AvgIpc) is 3.26. The second-order valence-electron chi connectivity index (χ2n) is 16.6. The number of nitrogens with one attached hydrogen (secondary N) is 1. The molecule has 0 saturated heterocycles. The van der Waals surface area contributed by atoms with Gasteiger partial charge in [-0.05, 0) is 77.0 Å². The standard InChI is InChI=1S/C56H93NO5/c1-4-7-10-13-16-19-22-25-27-28-29-31-34-37-40-43-46-49-56(61)62-52(47-44-41-38-35-32-30-26-23-20-17-14-11-8-5-2)50-55(60)57-53(51-58)54(59)48-45-42-39-36-33-24-21-18-15-12-9-6-3/h7-8,10-11,13,16-17,19-20,22,25-31,34,52-54,58-59H,4-6,9,12,14-15,18,21,23-24,32-33,35-51H2,1-3H3,(H,57,60)/b10-7-,11-8+,16-13+,20-17+,22-19+,27-25-,29-28+,30-26+,34-31+. The van der Waals surface area contributed by atoms with Crippen molar-refractivity contribution in [3.63, 3.8) is 0 Å². The van der Waals surface area contributed by atoms with Crippen LogP contribution in [0.3, 0.4) is 0 Å². The van der Waals surface area contributed by atoms with Gasteiger partial charge in [0.25, 0.3) is 0 Å². The maximum Gasteiger partial charge on any atom is 0.306 e. The maximum atomic E-state index is 13.2. The Morgan fingerprint density at radius 1 is 0.500 bits per heavy atom. The number of carbonyl (C=O) groups is 2. The summed E-state index contributed by atoms with van der Waals surface area (Å²) < 4.78 is 5.90. The van der Waals surface area contributed by atoms with Crippen LogP contribution in [0.4, 0.5) is 0 Å². The lowest BCUT2D eigenvalue weighted by atomic mass is 10.0. The van der Waals surface area contributed by atoms with E-state index in [1.54, 1.807) is 0 Å². The number of aliphatic hydroxyl groups excluding tert-OH is 2. The Balaban J connectivity index is 4.75. The van der Waals surface area contributed by atoms with E-state index in [0.717, 1.165) is 103 Å². The van der Waals surface area contributed by atoms with Gasteiger partial charge in [0.1, 0.15) is 6.10 Å². The number of hydrogen-bond donors (Lipinski definition) is 3. The van der Waals surface area contributed by atoms with Crippen molar-refractivity contribution in [1.82, 2.24) is 5.32 Å². The zero-order valence-electron chi connectivity index (χ0n) is 40.0. The topological polar surface area (TPSA) is 95.9 Å². The van der Waals surface area contributed by atoms with Gasteiger partial charge in [-0.25, -0.2) is 0 Å². The molecule has 3 unspecified atom stereocenters. The Bertz CT molecular complexity index is 1280. The molecule has 0 rings (SSSR count). The Labute approximate surface area is 381 Å². The zero-order chi connectivity index (χ0) is 45.2. The minimum absolute atomic E-state index is 0.0372. The molecule has 0 radical (unpaired) electrons. The van der Waals surface area contributed by atoms with Crippen LogP contribution in [-0.2, 0) is 14.3 Å². The summed E-state index contributed by atoms with van der Waals surface area (Å²) >= 11 is 0. The molecule has 0 spiro atoms. The molecule has 0 aliphatic carbocycles. The van der Waals surface area contributed by atoms with E-state index in [1.165, 1.54) is 57.8 Å². The molecule has 0 aromatic carbocycles. The highest BCUT2D eigenvalue weighted by Crippen LogP contribution is 2.17. The van der Waals surface area contributed by atoms with Crippen LogP contribution in [0.2, 0.25) is 0 Å². The van der Waals surface area contributed by atoms with Crippen LogP contribution in [0.15, 0.2) is 109 Å². The highest BCUT2D eigenvalue weighted by atomic mass is 16.5. The van der Waals surface area contributed by atoms with Crippen LogP contribution in [0.25, 0.3) is 0 Å². The van der Waals surface area contributed by atoms with Crippen LogP contribution in [-0.4, -0.2) is 46.9 Å². The number of amides is 1. The van der Waals surface area contributed by atoms with Crippen molar-refractivity contribution in [3.05, 3.63) is 109 Å². The first-order valence-electron chi connectivity index (χ1n) is 25.2. The largest absolute Gasteiger partial charge is 0.462 e. The lowest BCUT2D eigenvalue weighted by Crippen LogP contribution is -2.46. The number of unbranched alkanes of at least 4 members (excludes halogenated alkanes) is 18. The van der Waals surface area contributed by atoms with E-state index < -0.39 is 18.2 Å². The fourth-order valence-electron chi connectivity index (χ4n) is 7.00. The molecule has 0 aromatic rings. The molecule has 3 atom stereocenters. The van der Waals surface area contributed by atoms with E-state index in [-0.39, 0.29) is 24.9 Å². The highest BCUT2D eigenvalue weighted by molar-refractivity contribution is 5.77. The number of esters is 1. The number of allylic oxidation sites excluding steroid dienone is 18. The van der Waals surface area contributed by atoms with E-state index in [2.05, 4.69) is 80.8 Å². The number of hydrogen-bond acceptors (Lipinski definition) is 5. The van der Waals surface area contributed by atoms with Gasteiger partial charge in [-0.3, -0.25) is 9.59 Å². The smallest absolute Gasteiger partial charge is 0.306 e. The van der Waals surface area contributed by atoms with E-state index >= 15 is 0 Å². The third-order valence-corrected chi connectivity index (χ3v) is 10.8. The second kappa shape index (κ2) is 48.6. The lowest BCUT2D eigenvalue weighted by Gasteiger charge is -2.24. The predicted molar refractivity (Wildman–Crippen MR) is 268 cm³/mol. The van der Waals surface area contributed by atoms with Gasteiger partial charge in [0, 0.05) is 6.42 Å². The molecular weight excluding hydrogens is 767 g/mol. The first-order chi connectivity index (χ1) is 30.5. The van der Waals surface area contributed by atoms with Gasteiger partial charge in [0.2, 0.25) is 5.91 Å². The monoisotopic (exact) mass is 860 g/mol. The van der Waals surface area contributed by atoms with E-state index in [9.17, 15) is 19.8 Å². The van der Waals surface area contributed by atoms with Gasteiger partial charge in [-0.2, -0.15) is 0 Å². The molecule has 0 fully saturated rings. The fourth-order valence-corrected chi connectivity index (χ4v) is 7.00. The van der Waals surface area contributed by atoms with Crippen molar-refractivity contribution in [2.24, 2.45) is 0 Å². The fraction of sp³-hybridized carbons (Fsp3) is 0.643. The van der Waals surface area contributed by atoms with Gasteiger partial charge in [0.05, 0.1) is 25.2 Å². The number of carbonyl (C=O) groups excluding carboxylic acids is 2. The van der Waals surface area contributed by atoms with Crippen LogP contribution in [0.5, 0.6) is 0 Å². The van der Waals surface area contributed by atoms with Crippen molar-refractivity contribution in [3.8, 4) is 0 Å². The van der Waals surface area contributed by atoms with Crippen molar-refractivity contribution < 1.29 is 24.5 Å². The van der Waals surface area contributed by atoms with Crippen molar-refractivity contribution >= 4 is 11.9 Å². The molecule has 0 saturated carbocycles. The Morgan fingerprint density at radius 3 is 1.52 bits per heavy atom.